The van der Waals surface area contributed by atoms with E-state index in [1.807, 2.05) is 12.1 Å². The maximum Gasteiger partial charge on any atom is 0.0406 e. The molecule has 0 aliphatic rings. The first-order valence-corrected chi connectivity index (χ1v) is 6.08. The number of hydrogen-bond donors (Lipinski definition) is 1. The van der Waals surface area contributed by atoms with Crippen molar-refractivity contribution in [1.29, 1.82) is 0 Å². The largest absolute Gasteiger partial charge is 0.313 e. The third-order valence-electron chi connectivity index (χ3n) is 2.46. The highest BCUT2D eigenvalue weighted by atomic mass is 35.5. The van der Waals surface area contributed by atoms with E-state index in [0.717, 1.165) is 24.5 Å². The van der Waals surface area contributed by atoms with Crippen molar-refractivity contribution in [1.82, 2.24) is 10.2 Å². The number of nitrogens with zero attached hydrogens (tertiary/aromatic N) is 1. The zero-order valence-corrected chi connectivity index (χ0v) is 11.1. The van der Waals surface area contributed by atoms with Crippen LogP contribution in [-0.2, 0) is 6.42 Å². The molecule has 0 saturated heterocycles. The Bertz CT molecular complexity index is 295. The van der Waals surface area contributed by atoms with Crippen molar-refractivity contribution in [3.63, 3.8) is 0 Å². The summed E-state index contributed by atoms with van der Waals surface area (Å²) in [6.45, 7) is 4.29. The van der Waals surface area contributed by atoms with Gasteiger partial charge in [-0.05, 0) is 51.7 Å². The van der Waals surface area contributed by atoms with E-state index in [-0.39, 0.29) is 0 Å². The van der Waals surface area contributed by atoms with Crippen LogP contribution in [0.5, 0.6) is 0 Å². The van der Waals surface area contributed by atoms with Gasteiger partial charge in [0.2, 0.25) is 0 Å². The molecule has 0 bridgehead atoms. The zero-order chi connectivity index (χ0) is 12.0. The van der Waals surface area contributed by atoms with E-state index in [0.29, 0.717) is 6.04 Å². The summed E-state index contributed by atoms with van der Waals surface area (Å²) in [5.41, 5.74) is 1.33. The minimum atomic E-state index is 0.530. The van der Waals surface area contributed by atoms with E-state index >= 15 is 0 Å². The average Bonchev–Trinajstić information content (AvgIpc) is 2.20. The first-order valence-electron chi connectivity index (χ1n) is 5.70. The fraction of sp³-hybridized carbons (Fsp3) is 0.538. The molecule has 0 aliphatic heterocycles. The molecule has 2 nitrogen and oxygen atoms in total. The first kappa shape index (κ1) is 13.5. The maximum absolute atomic E-state index is 5.83. The van der Waals surface area contributed by atoms with Crippen molar-refractivity contribution in [3.8, 4) is 0 Å². The molecule has 16 heavy (non-hydrogen) atoms. The molecule has 90 valence electrons. The van der Waals surface area contributed by atoms with Gasteiger partial charge in [0.15, 0.2) is 0 Å². The molecular weight excluding hydrogens is 220 g/mol. The van der Waals surface area contributed by atoms with Gasteiger partial charge in [-0.15, -0.1) is 0 Å². The third-order valence-corrected chi connectivity index (χ3v) is 2.71. The van der Waals surface area contributed by atoms with Gasteiger partial charge >= 0.3 is 0 Å². The lowest BCUT2D eigenvalue weighted by molar-refractivity contribution is 0.351. The molecule has 1 unspecified atom stereocenters. The van der Waals surface area contributed by atoms with Crippen LogP contribution < -0.4 is 5.32 Å². The highest BCUT2D eigenvalue weighted by Gasteiger charge is 2.01. The molecule has 1 atom stereocenters. The Morgan fingerprint density at radius 2 is 1.88 bits per heavy atom. The standard InChI is InChI=1S/C13H21ClN2/c1-11(10-16(2)3)15-9-8-12-4-6-13(14)7-5-12/h4-7,11,15H,8-10H2,1-3H3. The van der Waals surface area contributed by atoms with Crippen LogP contribution in [0.1, 0.15) is 12.5 Å². The van der Waals surface area contributed by atoms with Gasteiger partial charge in [0.25, 0.3) is 0 Å². The average molecular weight is 241 g/mol. The van der Waals surface area contributed by atoms with E-state index in [2.05, 4.69) is 43.4 Å². The number of likely N-dealkylation sites (N-methyl/N-ethyl adjacent to an activating group) is 1. The van der Waals surface area contributed by atoms with Crippen LogP contribution in [0.2, 0.25) is 5.02 Å². The van der Waals surface area contributed by atoms with E-state index in [4.69, 9.17) is 11.6 Å². The Kier molecular flexibility index (Phi) is 5.81. The van der Waals surface area contributed by atoms with Crippen molar-refractivity contribution in [3.05, 3.63) is 34.9 Å². The van der Waals surface area contributed by atoms with Gasteiger partial charge in [-0.2, -0.15) is 0 Å². The van der Waals surface area contributed by atoms with Gasteiger partial charge in [0.05, 0.1) is 0 Å². The predicted octanol–water partition coefficient (Wildman–Crippen LogP) is 2.42. The van der Waals surface area contributed by atoms with E-state index < -0.39 is 0 Å². The molecule has 0 aromatic heterocycles. The molecule has 1 rings (SSSR count). The molecule has 0 radical (unpaired) electrons. The van der Waals surface area contributed by atoms with Crippen molar-refractivity contribution in [2.75, 3.05) is 27.2 Å². The SMILES string of the molecule is CC(CN(C)C)NCCc1ccc(Cl)cc1. The van der Waals surface area contributed by atoms with E-state index in [1.165, 1.54) is 5.56 Å². The van der Waals surface area contributed by atoms with Gasteiger partial charge in [-0.3, -0.25) is 0 Å². The number of hydrogen-bond acceptors (Lipinski definition) is 2. The fourth-order valence-electron chi connectivity index (χ4n) is 1.73. The van der Waals surface area contributed by atoms with Crippen LogP contribution in [0.4, 0.5) is 0 Å². The van der Waals surface area contributed by atoms with Gasteiger partial charge in [0.1, 0.15) is 0 Å². The minimum absolute atomic E-state index is 0.530. The predicted molar refractivity (Wildman–Crippen MR) is 71.2 cm³/mol. The lowest BCUT2D eigenvalue weighted by Gasteiger charge is -2.18. The van der Waals surface area contributed by atoms with Crippen molar-refractivity contribution in [2.24, 2.45) is 0 Å². The fourth-order valence-corrected chi connectivity index (χ4v) is 1.85. The highest BCUT2D eigenvalue weighted by molar-refractivity contribution is 6.30. The monoisotopic (exact) mass is 240 g/mol. The molecule has 1 N–H and O–H groups in total. The molecule has 0 amide bonds. The molecule has 3 heteroatoms. The second kappa shape index (κ2) is 6.89. The summed E-state index contributed by atoms with van der Waals surface area (Å²) in [5, 5.41) is 4.31. The van der Waals surface area contributed by atoms with Gasteiger partial charge < -0.3 is 10.2 Å². The number of nitrogens with one attached hydrogen (secondary N) is 1. The van der Waals surface area contributed by atoms with Crippen LogP contribution >= 0.6 is 11.6 Å². The Hall–Kier alpha value is -0.570. The summed E-state index contributed by atoms with van der Waals surface area (Å²) in [5.74, 6) is 0. The van der Waals surface area contributed by atoms with Crippen molar-refractivity contribution in [2.45, 2.75) is 19.4 Å². The van der Waals surface area contributed by atoms with Crippen molar-refractivity contribution < 1.29 is 0 Å². The van der Waals surface area contributed by atoms with E-state index in [9.17, 15) is 0 Å². The lowest BCUT2D eigenvalue weighted by Crippen LogP contribution is -2.36. The molecule has 0 aliphatic carbocycles. The Labute approximate surface area is 104 Å². The molecule has 0 fully saturated rings. The molecule has 0 heterocycles. The number of rotatable bonds is 6. The van der Waals surface area contributed by atoms with Gasteiger partial charge in [-0.1, -0.05) is 23.7 Å². The summed E-state index contributed by atoms with van der Waals surface area (Å²) >= 11 is 5.83. The second-order valence-corrected chi connectivity index (χ2v) is 4.93. The van der Waals surface area contributed by atoms with Crippen LogP contribution in [0.25, 0.3) is 0 Å². The maximum atomic E-state index is 5.83. The van der Waals surface area contributed by atoms with Gasteiger partial charge in [-0.25, -0.2) is 0 Å². The van der Waals surface area contributed by atoms with Crippen LogP contribution in [0, 0.1) is 0 Å². The Balaban J connectivity index is 2.22. The summed E-state index contributed by atoms with van der Waals surface area (Å²) in [6, 6.07) is 8.59. The Morgan fingerprint density at radius 3 is 2.44 bits per heavy atom. The Morgan fingerprint density at radius 1 is 1.25 bits per heavy atom. The lowest BCUT2D eigenvalue weighted by atomic mass is 10.1. The molecular formula is C13H21ClN2. The minimum Gasteiger partial charge on any atom is -0.313 e. The first-order chi connectivity index (χ1) is 7.58. The topological polar surface area (TPSA) is 15.3 Å². The normalized spacial score (nSPS) is 13.1. The van der Waals surface area contributed by atoms with Crippen molar-refractivity contribution >= 4 is 11.6 Å². The van der Waals surface area contributed by atoms with Crippen LogP contribution in [0.3, 0.4) is 0 Å². The molecule has 0 saturated carbocycles. The summed E-state index contributed by atoms with van der Waals surface area (Å²) in [6.07, 6.45) is 1.05. The second-order valence-electron chi connectivity index (χ2n) is 4.49. The summed E-state index contributed by atoms with van der Waals surface area (Å²) < 4.78 is 0. The zero-order valence-electron chi connectivity index (χ0n) is 10.3. The number of halogens is 1. The summed E-state index contributed by atoms with van der Waals surface area (Å²) in [7, 11) is 4.19. The molecule has 0 spiro atoms. The molecule has 1 aromatic rings. The van der Waals surface area contributed by atoms with Gasteiger partial charge in [0, 0.05) is 17.6 Å². The molecule has 1 aromatic carbocycles. The van der Waals surface area contributed by atoms with E-state index in [1.54, 1.807) is 0 Å². The van der Waals surface area contributed by atoms with Crippen LogP contribution in [-0.4, -0.2) is 38.1 Å². The quantitative estimate of drug-likeness (QED) is 0.822. The third kappa shape index (κ3) is 5.50. The smallest absolute Gasteiger partial charge is 0.0406 e. The highest BCUT2D eigenvalue weighted by Crippen LogP contribution is 2.09. The number of benzene rings is 1. The van der Waals surface area contributed by atoms with Crippen LogP contribution in [0.15, 0.2) is 24.3 Å². The summed E-state index contributed by atoms with van der Waals surface area (Å²) in [4.78, 5) is 2.19.